The molecule has 2 aromatic carbocycles. The first-order chi connectivity index (χ1) is 11.8. The van der Waals surface area contributed by atoms with Crippen molar-refractivity contribution in [3.8, 4) is 11.5 Å². The molecule has 0 radical (unpaired) electrons. The number of likely N-dealkylation sites (tertiary alicyclic amines) is 1. The van der Waals surface area contributed by atoms with Crippen molar-refractivity contribution in [2.75, 3.05) is 26.9 Å². The molecule has 0 aliphatic carbocycles. The van der Waals surface area contributed by atoms with Crippen molar-refractivity contribution in [3.05, 3.63) is 59.7 Å². The Hall–Kier alpha value is -2.04. The zero-order valence-corrected chi connectivity index (χ0v) is 14.1. The molecule has 4 nitrogen and oxygen atoms in total. The van der Waals surface area contributed by atoms with Gasteiger partial charge in [0.15, 0.2) is 11.5 Å². The highest BCUT2D eigenvalue weighted by molar-refractivity contribution is 5.44. The van der Waals surface area contributed by atoms with Crippen LogP contribution in [0.25, 0.3) is 0 Å². The zero-order chi connectivity index (χ0) is 16.4. The van der Waals surface area contributed by atoms with Gasteiger partial charge < -0.3 is 9.47 Å². The molecule has 1 atom stereocenters. The average molecular weight is 324 g/mol. The monoisotopic (exact) mass is 324 g/mol. The Kier molecular flexibility index (Phi) is 4.41. The van der Waals surface area contributed by atoms with E-state index >= 15 is 0 Å². The first-order valence-electron chi connectivity index (χ1n) is 8.63. The molecule has 0 spiro atoms. The molecule has 4 heteroatoms. The lowest BCUT2D eigenvalue weighted by molar-refractivity contribution is 0.174. The maximum Gasteiger partial charge on any atom is 0.231 e. The molecule has 0 N–H and O–H groups in total. The number of ether oxygens (including phenoxy) is 2. The summed E-state index contributed by atoms with van der Waals surface area (Å²) in [5.41, 5.74) is 2.68. The van der Waals surface area contributed by atoms with Crippen LogP contribution >= 0.6 is 0 Å². The minimum absolute atomic E-state index is 0.339. The number of hydrogen-bond acceptors (Lipinski definition) is 4. The van der Waals surface area contributed by atoms with Crippen molar-refractivity contribution >= 4 is 0 Å². The molecule has 2 aromatic rings. The van der Waals surface area contributed by atoms with Crippen LogP contribution in [0.2, 0.25) is 0 Å². The SMILES string of the molecule is CN(Cc1ccc2c(c1)OCO2)C1CCN(Cc2ccccc2)C1. The molecule has 2 aliphatic heterocycles. The van der Waals surface area contributed by atoms with Crippen LogP contribution in [-0.2, 0) is 13.1 Å². The molecule has 24 heavy (non-hydrogen) atoms. The molecule has 1 unspecified atom stereocenters. The fourth-order valence-corrected chi connectivity index (χ4v) is 3.61. The molecule has 0 amide bonds. The second kappa shape index (κ2) is 6.83. The lowest BCUT2D eigenvalue weighted by atomic mass is 10.1. The van der Waals surface area contributed by atoms with Gasteiger partial charge in [0.2, 0.25) is 6.79 Å². The van der Waals surface area contributed by atoms with E-state index in [4.69, 9.17) is 9.47 Å². The van der Waals surface area contributed by atoms with Crippen molar-refractivity contribution in [1.29, 1.82) is 0 Å². The Morgan fingerprint density at radius 3 is 2.75 bits per heavy atom. The molecule has 1 saturated heterocycles. The third kappa shape index (κ3) is 3.40. The fraction of sp³-hybridized carbons (Fsp3) is 0.400. The standard InChI is InChI=1S/C20H24N2O2/c1-21(12-17-7-8-19-20(11-17)24-15-23-19)18-9-10-22(14-18)13-16-5-3-2-4-6-16/h2-8,11,18H,9-10,12-15H2,1H3. The van der Waals surface area contributed by atoms with Crippen LogP contribution in [0, 0.1) is 0 Å². The van der Waals surface area contributed by atoms with Crippen LogP contribution in [0.5, 0.6) is 11.5 Å². The van der Waals surface area contributed by atoms with E-state index in [1.54, 1.807) is 0 Å². The highest BCUT2D eigenvalue weighted by Crippen LogP contribution is 2.33. The third-order valence-electron chi connectivity index (χ3n) is 4.99. The number of likely N-dealkylation sites (N-methyl/N-ethyl adjacent to an activating group) is 1. The molecule has 2 aliphatic rings. The first kappa shape index (κ1) is 15.5. The summed E-state index contributed by atoms with van der Waals surface area (Å²) >= 11 is 0. The number of nitrogens with zero attached hydrogens (tertiary/aromatic N) is 2. The second-order valence-corrected chi connectivity index (χ2v) is 6.77. The van der Waals surface area contributed by atoms with Crippen molar-refractivity contribution < 1.29 is 9.47 Å². The number of fused-ring (bicyclic) bond motifs is 1. The van der Waals surface area contributed by atoms with Crippen LogP contribution in [0.15, 0.2) is 48.5 Å². The maximum absolute atomic E-state index is 5.48. The summed E-state index contributed by atoms with van der Waals surface area (Å²) < 4.78 is 10.9. The van der Waals surface area contributed by atoms with Gasteiger partial charge in [-0.25, -0.2) is 0 Å². The van der Waals surface area contributed by atoms with Crippen molar-refractivity contribution in [1.82, 2.24) is 9.80 Å². The van der Waals surface area contributed by atoms with E-state index in [9.17, 15) is 0 Å². The van der Waals surface area contributed by atoms with Gasteiger partial charge in [-0.1, -0.05) is 36.4 Å². The number of rotatable bonds is 5. The van der Waals surface area contributed by atoms with Gasteiger partial charge in [-0.15, -0.1) is 0 Å². The average Bonchev–Trinajstić information content (AvgIpc) is 3.24. The van der Waals surface area contributed by atoms with Crippen molar-refractivity contribution in [3.63, 3.8) is 0 Å². The minimum Gasteiger partial charge on any atom is -0.454 e. The van der Waals surface area contributed by atoms with Crippen LogP contribution in [0.4, 0.5) is 0 Å². The van der Waals surface area contributed by atoms with E-state index in [1.165, 1.54) is 24.1 Å². The van der Waals surface area contributed by atoms with Crippen LogP contribution < -0.4 is 9.47 Å². The smallest absolute Gasteiger partial charge is 0.231 e. The van der Waals surface area contributed by atoms with Gasteiger partial charge in [0.05, 0.1) is 0 Å². The van der Waals surface area contributed by atoms with Crippen LogP contribution in [0.1, 0.15) is 17.5 Å². The molecular formula is C20H24N2O2. The summed E-state index contributed by atoms with van der Waals surface area (Å²) in [5.74, 6) is 1.73. The van der Waals surface area contributed by atoms with Crippen LogP contribution in [0.3, 0.4) is 0 Å². The molecule has 0 bridgehead atoms. The predicted molar refractivity (Wildman–Crippen MR) is 94.2 cm³/mol. The summed E-state index contributed by atoms with van der Waals surface area (Å²) in [6, 6.07) is 17.6. The topological polar surface area (TPSA) is 24.9 Å². The van der Waals surface area contributed by atoms with E-state index in [0.29, 0.717) is 12.8 Å². The molecule has 2 heterocycles. The van der Waals surface area contributed by atoms with Gasteiger partial charge in [0.1, 0.15) is 0 Å². The van der Waals surface area contributed by atoms with Gasteiger partial charge in [0.25, 0.3) is 0 Å². The highest BCUT2D eigenvalue weighted by Gasteiger charge is 2.26. The van der Waals surface area contributed by atoms with E-state index in [0.717, 1.165) is 31.1 Å². The fourth-order valence-electron chi connectivity index (χ4n) is 3.61. The maximum atomic E-state index is 5.48. The normalized spacial score (nSPS) is 20.0. The third-order valence-corrected chi connectivity index (χ3v) is 4.99. The van der Waals surface area contributed by atoms with E-state index in [1.807, 2.05) is 6.07 Å². The molecule has 0 saturated carbocycles. The largest absolute Gasteiger partial charge is 0.454 e. The van der Waals surface area contributed by atoms with E-state index in [2.05, 4.69) is 59.3 Å². The lowest BCUT2D eigenvalue weighted by Crippen LogP contribution is -2.34. The molecule has 4 rings (SSSR count). The second-order valence-electron chi connectivity index (χ2n) is 6.77. The van der Waals surface area contributed by atoms with Gasteiger partial charge in [0, 0.05) is 32.2 Å². The van der Waals surface area contributed by atoms with E-state index in [-0.39, 0.29) is 0 Å². The zero-order valence-electron chi connectivity index (χ0n) is 14.1. The van der Waals surface area contributed by atoms with Crippen molar-refractivity contribution in [2.24, 2.45) is 0 Å². The predicted octanol–water partition coefficient (Wildman–Crippen LogP) is 3.12. The molecule has 126 valence electrons. The molecular weight excluding hydrogens is 300 g/mol. The highest BCUT2D eigenvalue weighted by atomic mass is 16.7. The minimum atomic E-state index is 0.339. The summed E-state index contributed by atoms with van der Waals surface area (Å²) in [6.45, 7) is 4.64. The summed E-state index contributed by atoms with van der Waals surface area (Å²) in [4.78, 5) is 5.01. The summed E-state index contributed by atoms with van der Waals surface area (Å²) in [6.07, 6.45) is 1.23. The van der Waals surface area contributed by atoms with Crippen LogP contribution in [-0.4, -0.2) is 42.8 Å². The van der Waals surface area contributed by atoms with Gasteiger partial charge in [-0.3, -0.25) is 9.80 Å². The Bertz CT molecular complexity index is 689. The quantitative estimate of drug-likeness (QED) is 0.844. The molecule has 0 aromatic heterocycles. The Labute approximate surface area is 143 Å². The Morgan fingerprint density at radius 2 is 1.88 bits per heavy atom. The summed E-state index contributed by atoms with van der Waals surface area (Å²) in [7, 11) is 2.22. The molecule has 1 fully saturated rings. The van der Waals surface area contributed by atoms with Gasteiger partial charge in [-0.2, -0.15) is 0 Å². The lowest BCUT2D eigenvalue weighted by Gasteiger charge is -2.25. The van der Waals surface area contributed by atoms with Gasteiger partial charge in [-0.05, 0) is 36.7 Å². The van der Waals surface area contributed by atoms with Crippen molar-refractivity contribution in [2.45, 2.75) is 25.6 Å². The van der Waals surface area contributed by atoms with E-state index < -0.39 is 0 Å². The number of benzene rings is 2. The first-order valence-corrected chi connectivity index (χ1v) is 8.63. The number of hydrogen-bond donors (Lipinski definition) is 0. The summed E-state index contributed by atoms with van der Waals surface area (Å²) in [5, 5.41) is 0. The Morgan fingerprint density at radius 1 is 1.04 bits per heavy atom. The van der Waals surface area contributed by atoms with Gasteiger partial charge >= 0.3 is 0 Å². The Balaban J connectivity index is 1.33.